The Morgan fingerprint density at radius 1 is 0.950 bits per heavy atom. The van der Waals surface area contributed by atoms with Crippen LogP contribution >= 0.6 is 0 Å². The van der Waals surface area contributed by atoms with Crippen LogP contribution in [-0.4, -0.2) is 17.8 Å². The Kier molecular flexibility index (Phi) is 4.87. The lowest BCUT2D eigenvalue weighted by molar-refractivity contribution is -0.114. The fourth-order valence-electron chi connectivity index (χ4n) is 3.48. The molecule has 2 rings (SSSR count). The average Bonchev–Trinajstić information content (AvgIpc) is 2.68. The molecule has 20 heavy (non-hydrogen) atoms. The Morgan fingerprint density at radius 2 is 1.50 bits per heavy atom. The molecule has 2 nitrogen and oxygen atoms in total. The molecule has 0 heterocycles. The Hall–Kier alpha value is -0.860. The summed E-state index contributed by atoms with van der Waals surface area (Å²) in [7, 11) is 1.75. The maximum Gasteiger partial charge on any atom is 0.108 e. The first kappa shape index (κ1) is 15.5. The summed E-state index contributed by atoms with van der Waals surface area (Å²) in [6.45, 7) is 6.32. The van der Waals surface area contributed by atoms with Gasteiger partial charge in [0.15, 0.2) is 0 Å². The molecule has 1 saturated carbocycles. The van der Waals surface area contributed by atoms with Gasteiger partial charge in [-0.3, -0.25) is 0 Å². The molecule has 0 saturated heterocycles. The summed E-state index contributed by atoms with van der Waals surface area (Å²) >= 11 is 0. The third-order valence-corrected chi connectivity index (χ3v) is 5.03. The van der Waals surface area contributed by atoms with Gasteiger partial charge >= 0.3 is 0 Å². The van der Waals surface area contributed by atoms with Crippen molar-refractivity contribution in [3.63, 3.8) is 0 Å². The second-order valence-corrected chi connectivity index (χ2v) is 6.38. The zero-order valence-corrected chi connectivity index (χ0v) is 13.3. The number of benzene rings is 1. The summed E-state index contributed by atoms with van der Waals surface area (Å²) in [5.74, 6) is 0. The number of aliphatic hydroxyl groups is 1. The molecule has 1 unspecified atom stereocenters. The number of methoxy groups -OCH3 is 1. The number of aryl methyl sites for hydroxylation is 3. The van der Waals surface area contributed by atoms with E-state index in [9.17, 15) is 5.11 Å². The van der Waals surface area contributed by atoms with E-state index in [4.69, 9.17) is 4.74 Å². The van der Waals surface area contributed by atoms with Crippen LogP contribution in [0.25, 0.3) is 0 Å². The van der Waals surface area contributed by atoms with Crippen LogP contribution in [0.15, 0.2) is 12.1 Å². The van der Waals surface area contributed by atoms with Crippen LogP contribution in [-0.2, 0) is 4.74 Å². The molecule has 112 valence electrons. The minimum absolute atomic E-state index is 0.400. The van der Waals surface area contributed by atoms with Crippen LogP contribution in [0.3, 0.4) is 0 Å². The van der Waals surface area contributed by atoms with E-state index in [1.54, 1.807) is 7.11 Å². The monoisotopic (exact) mass is 276 g/mol. The molecule has 1 aliphatic rings. The van der Waals surface area contributed by atoms with Crippen molar-refractivity contribution in [2.24, 2.45) is 0 Å². The summed E-state index contributed by atoms with van der Waals surface area (Å²) in [4.78, 5) is 0. The van der Waals surface area contributed by atoms with E-state index in [1.165, 1.54) is 29.5 Å². The molecule has 0 aromatic heterocycles. The predicted molar refractivity (Wildman–Crippen MR) is 83.1 cm³/mol. The first-order valence-corrected chi connectivity index (χ1v) is 7.81. The molecule has 1 aromatic carbocycles. The van der Waals surface area contributed by atoms with Crippen LogP contribution in [0.1, 0.15) is 66.9 Å². The van der Waals surface area contributed by atoms with Gasteiger partial charge in [0.1, 0.15) is 6.10 Å². The number of hydrogen-bond acceptors (Lipinski definition) is 2. The van der Waals surface area contributed by atoms with Gasteiger partial charge in [0.2, 0.25) is 0 Å². The topological polar surface area (TPSA) is 29.5 Å². The lowest BCUT2D eigenvalue weighted by Gasteiger charge is -2.37. The van der Waals surface area contributed by atoms with Gasteiger partial charge in [-0.25, -0.2) is 0 Å². The average molecular weight is 276 g/mol. The largest absolute Gasteiger partial charge is 0.385 e. The smallest absolute Gasteiger partial charge is 0.108 e. The lowest BCUT2D eigenvalue weighted by atomic mass is 9.82. The molecule has 1 aliphatic carbocycles. The minimum Gasteiger partial charge on any atom is -0.385 e. The van der Waals surface area contributed by atoms with Crippen molar-refractivity contribution in [1.29, 1.82) is 0 Å². The Morgan fingerprint density at radius 3 is 2.05 bits per heavy atom. The maximum atomic E-state index is 11.0. The van der Waals surface area contributed by atoms with E-state index in [-0.39, 0.29) is 0 Å². The highest BCUT2D eigenvalue weighted by Gasteiger charge is 2.39. The van der Waals surface area contributed by atoms with Gasteiger partial charge in [-0.15, -0.1) is 0 Å². The first-order chi connectivity index (χ1) is 9.50. The zero-order chi connectivity index (χ0) is 14.8. The molecule has 0 aliphatic heterocycles. The highest BCUT2D eigenvalue weighted by molar-refractivity contribution is 5.38. The van der Waals surface area contributed by atoms with E-state index in [2.05, 4.69) is 32.9 Å². The zero-order valence-electron chi connectivity index (χ0n) is 13.3. The highest BCUT2D eigenvalue weighted by atomic mass is 16.5. The molecule has 0 spiro atoms. The molecule has 1 N–H and O–H groups in total. The van der Waals surface area contributed by atoms with E-state index in [1.807, 2.05) is 0 Å². The predicted octanol–water partition coefficient (Wildman–Crippen LogP) is 4.38. The van der Waals surface area contributed by atoms with Gasteiger partial charge in [-0.2, -0.15) is 0 Å². The molecule has 0 radical (unpaired) electrons. The summed E-state index contributed by atoms with van der Waals surface area (Å²) in [6, 6.07) is 4.31. The lowest BCUT2D eigenvalue weighted by Crippen LogP contribution is -2.38. The Balaban J connectivity index is 2.37. The quantitative estimate of drug-likeness (QED) is 0.830. The van der Waals surface area contributed by atoms with Gasteiger partial charge in [0, 0.05) is 7.11 Å². The van der Waals surface area contributed by atoms with E-state index in [0.29, 0.717) is 0 Å². The highest BCUT2D eigenvalue weighted by Crippen LogP contribution is 2.41. The molecule has 2 heteroatoms. The Labute approximate surface area is 123 Å². The van der Waals surface area contributed by atoms with Crippen molar-refractivity contribution in [2.75, 3.05) is 7.11 Å². The number of ether oxygens (including phenoxy) is 1. The van der Waals surface area contributed by atoms with Crippen LogP contribution < -0.4 is 0 Å². The third-order valence-electron chi connectivity index (χ3n) is 5.03. The van der Waals surface area contributed by atoms with Gasteiger partial charge < -0.3 is 9.84 Å². The number of rotatable bonds is 3. The van der Waals surface area contributed by atoms with Crippen molar-refractivity contribution in [3.8, 4) is 0 Å². The summed E-state index contributed by atoms with van der Waals surface area (Å²) in [5.41, 5.74) is 4.33. The number of hydrogen-bond donors (Lipinski definition) is 1. The second kappa shape index (κ2) is 6.28. The van der Waals surface area contributed by atoms with Gasteiger partial charge in [0.05, 0.1) is 5.60 Å². The SMILES string of the molecule is COC1(C(O)c2cc(C)c(C)cc2C)CCCCCC1. The van der Waals surface area contributed by atoms with E-state index < -0.39 is 11.7 Å². The molecule has 0 bridgehead atoms. The molecule has 1 atom stereocenters. The third kappa shape index (κ3) is 2.91. The Bertz CT molecular complexity index is 457. The fourth-order valence-corrected chi connectivity index (χ4v) is 3.48. The van der Waals surface area contributed by atoms with E-state index >= 15 is 0 Å². The normalized spacial score (nSPS) is 20.4. The summed E-state index contributed by atoms with van der Waals surface area (Å²) in [5, 5.41) is 11.0. The minimum atomic E-state index is -0.523. The van der Waals surface area contributed by atoms with Crippen LogP contribution in [0.4, 0.5) is 0 Å². The van der Waals surface area contributed by atoms with Crippen LogP contribution in [0.5, 0.6) is 0 Å². The van der Waals surface area contributed by atoms with Crippen LogP contribution in [0.2, 0.25) is 0 Å². The standard InChI is InChI=1S/C18H28O2/c1-13-11-15(3)16(12-14(13)2)17(19)18(20-4)9-7-5-6-8-10-18/h11-12,17,19H,5-10H2,1-4H3. The van der Waals surface area contributed by atoms with Crippen molar-refractivity contribution in [1.82, 2.24) is 0 Å². The first-order valence-electron chi connectivity index (χ1n) is 7.81. The summed E-state index contributed by atoms with van der Waals surface area (Å²) in [6.07, 6.45) is 6.19. The van der Waals surface area contributed by atoms with Gasteiger partial charge in [0.25, 0.3) is 0 Å². The number of aliphatic hydroxyl groups excluding tert-OH is 1. The van der Waals surface area contributed by atoms with E-state index in [0.717, 1.165) is 31.2 Å². The molecular weight excluding hydrogens is 248 g/mol. The molecule has 1 aromatic rings. The van der Waals surface area contributed by atoms with Crippen molar-refractivity contribution >= 4 is 0 Å². The van der Waals surface area contributed by atoms with Gasteiger partial charge in [-0.1, -0.05) is 37.8 Å². The maximum absolute atomic E-state index is 11.0. The second-order valence-electron chi connectivity index (χ2n) is 6.38. The summed E-state index contributed by atoms with van der Waals surface area (Å²) < 4.78 is 5.85. The molecule has 0 amide bonds. The van der Waals surface area contributed by atoms with Gasteiger partial charge in [-0.05, 0) is 55.9 Å². The fraction of sp³-hybridized carbons (Fsp3) is 0.667. The molecular formula is C18H28O2. The molecule has 1 fully saturated rings. The van der Waals surface area contributed by atoms with Crippen molar-refractivity contribution < 1.29 is 9.84 Å². The van der Waals surface area contributed by atoms with Crippen molar-refractivity contribution in [3.05, 3.63) is 34.4 Å². The van der Waals surface area contributed by atoms with Crippen molar-refractivity contribution in [2.45, 2.75) is 71.0 Å². The van der Waals surface area contributed by atoms with Crippen LogP contribution in [0, 0.1) is 20.8 Å².